The molecule has 4 N–H and O–H groups in total. The summed E-state index contributed by atoms with van der Waals surface area (Å²) >= 11 is 5.80. The minimum absolute atomic E-state index is 0.189. The number of urea groups is 1. The normalized spacial score (nSPS) is 12.5. The molecule has 7 nitrogen and oxygen atoms in total. The molecule has 0 radical (unpaired) electrons. The number of ether oxygens (including phenoxy) is 1. The summed E-state index contributed by atoms with van der Waals surface area (Å²) in [6.45, 7) is 1.44. The van der Waals surface area contributed by atoms with E-state index in [0.29, 0.717) is 10.7 Å². The van der Waals surface area contributed by atoms with Crippen LogP contribution in [-0.4, -0.2) is 30.1 Å². The number of hydrogen-bond acceptors (Lipinski definition) is 4. The van der Waals surface area contributed by atoms with Crippen LogP contribution in [-0.2, 0) is 20.7 Å². The fourth-order valence-corrected chi connectivity index (χ4v) is 2.43. The van der Waals surface area contributed by atoms with E-state index in [4.69, 9.17) is 22.1 Å². The lowest BCUT2D eigenvalue weighted by Crippen LogP contribution is -2.47. The van der Waals surface area contributed by atoms with Crippen LogP contribution in [0.15, 0.2) is 54.6 Å². The van der Waals surface area contributed by atoms with Gasteiger partial charge in [-0.05, 0) is 36.8 Å². The van der Waals surface area contributed by atoms with Crippen molar-refractivity contribution in [3.05, 3.63) is 65.2 Å². The summed E-state index contributed by atoms with van der Waals surface area (Å²) in [6, 6.07) is 13.7. The molecule has 2 rings (SSSR count). The average Bonchev–Trinajstić information content (AvgIpc) is 2.63. The Kier molecular flexibility index (Phi) is 7.19. The Balaban J connectivity index is 1.98. The van der Waals surface area contributed by atoms with Gasteiger partial charge in [-0.1, -0.05) is 41.9 Å². The first-order chi connectivity index (χ1) is 12.8. The van der Waals surface area contributed by atoms with Crippen LogP contribution >= 0.6 is 11.6 Å². The molecule has 0 fully saturated rings. The lowest BCUT2D eigenvalue weighted by molar-refractivity contribution is -0.155. The Morgan fingerprint density at radius 3 is 2.30 bits per heavy atom. The summed E-state index contributed by atoms with van der Waals surface area (Å²) in [5.74, 6) is -1.26. The van der Waals surface area contributed by atoms with Crippen LogP contribution in [0, 0.1) is 0 Å². The van der Waals surface area contributed by atoms with Crippen molar-refractivity contribution in [3.8, 4) is 0 Å². The smallest absolute Gasteiger partial charge is 0.329 e. The van der Waals surface area contributed by atoms with Gasteiger partial charge in [0.25, 0.3) is 5.91 Å². The SMILES string of the molecule is C[C@@H](OC(=O)[C@H](Cc1ccccc1)NC(N)=O)C(=O)Nc1ccc(Cl)cc1. The standard InChI is InChI=1S/C19H20ClN3O4/c1-12(17(24)22-15-9-7-14(20)8-10-15)27-18(25)16(23-19(21)26)11-13-5-3-2-4-6-13/h2-10,12,16H,11H2,1H3,(H,22,24)(H3,21,23,26)/t12-,16+/m1/s1. The Bertz CT molecular complexity index is 796. The first kappa shape index (κ1) is 20.3. The molecule has 0 aromatic heterocycles. The number of nitrogens with two attached hydrogens (primary N) is 1. The third-order valence-corrected chi connectivity index (χ3v) is 3.91. The first-order valence-corrected chi connectivity index (χ1v) is 8.60. The maximum Gasteiger partial charge on any atom is 0.329 e. The zero-order chi connectivity index (χ0) is 19.8. The van der Waals surface area contributed by atoms with E-state index in [1.165, 1.54) is 6.92 Å². The predicted octanol–water partition coefficient (Wildman–Crippen LogP) is 2.49. The topological polar surface area (TPSA) is 111 Å². The number of amides is 3. The van der Waals surface area contributed by atoms with Crippen LogP contribution in [0.4, 0.5) is 10.5 Å². The zero-order valence-electron chi connectivity index (χ0n) is 14.6. The molecule has 0 spiro atoms. The van der Waals surface area contributed by atoms with Crippen molar-refractivity contribution in [2.24, 2.45) is 5.73 Å². The number of rotatable bonds is 7. The minimum atomic E-state index is -1.07. The molecule has 2 aromatic carbocycles. The van der Waals surface area contributed by atoms with E-state index in [2.05, 4.69) is 10.6 Å². The Morgan fingerprint density at radius 1 is 1.07 bits per heavy atom. The Hall–Kier alpha value is -3.06. The number of halogens is 1. The molecule has 0 bridgehead atoms. The van der Waals surface area contributed by atoms with Gasteiger partial charge in [-0.25, -0.2) is 9.59 Å². The highest BCUT2D eigenvalue weighted by molar-refractivity contribution is 6.30. The van der Waals surface area contributed by atoms with Gasteiger partial charge in [-0.15, -0.1) is 0 Å². The van der Waals surface area contributed by atoms with Crippen LogP contribution in [0.2, 0.25) is 5.02 Å². The summed E-state index contributed by atoms with van der Waals surface area (Å²) in [4.78, 5) is 35.8. The summed E-state index contributed by atoms with van der Waals surface area (Å²) in [7, 11) is 0. The molecule has 0 saturated carbocycles. The minimum Gasteiger partial charge on any atom is -0.451 e. The number of primary amides is 1. The third kappa shape index (κ3) is 6.63. The molecule has 0 unspecified atom stereocenters. The van der Waals surface area contributed by atoms with Gasteiger partial charge in [0, 0.05) is 17.1 Å². The van der Waals surface area contributed by atoms with Crippen LogP contribution in [0.3, 0.4) is 0 Å². The van der Waals surface area contributed by atoms with Crippen LogP contribution in [0.5, 0.6) is 0 Å². The number of esters is 1. The van der Waals surface area contributed by atoms with Crippen LogP contribution < -0.4 is 16.4 Å². The van der Waals surface area contributed by atoms with Crippen molar-refractivity contribution >= 4 is 35.2 Å². The van der Waals surface area contributed by atoms with E-state index in [9.17, 15) is 14.4 Å². The highest BCUT2D eigenvalue weighted by Crippen LogP contribution is 2.14. The molecule has 142 valence electrons. The van der Waals surface area contributed by atoms with Gasteiger partial charge in [-0.2, -0.15) is 0 Å². The fourth-order valence-electron chi connectivity index (χ4n) is 2.30. The Labute approximate surface area is 161 Å². The first-order valence-electron chi connectivity index (χ1n) is 8.22. The van der Waals surface area contributed by atoms with E-state index >= 15 is 0 Å². The van der Waals surface area contributed by atoms with Crippen LogP contribution in [0.1, 0.15) is 12.5 Å². The maximum atomic E-state index is 12.4. The van der Waals surface area contributed by atoms with Crippen LogP contribution in [0.25, 0.3) is 0 Å². The molecule has 0 aliphatic heterocycles. The monoisotopic (exact) mass is 389 g/mol. The van der Waals surface area contributed by atoms with Gasteiger partial charge in [0.05, 0.1) is 0 Å². The molecule has 0 saturated heterocycles. The highest BCUT2D eigenvalue weighted by Gasteiger charge is 2.26. The molecule has 2 atom stereocenters. The summed E-state index contributed by atoms with van der Waals surface area (Å²) < 4.78 is 5.20. The van der Waals surface area contributed by atoms with Crippen molar-refractivity contribution in [2.45, 2.75) is 25.5 Å². The number of carbonyl (C=O) groups excluding carboxylic acids is 3. The second-order valence-corrected chi connectivity index (χ2v) is 6.26. The van der Waals surface area contributed by atoms with Gasteiger partial charge < -0.3 is 21.1 Å². The van der Waals surface area contributed by atoms with Gasteiger partial charge in [0.2, 0.25) is 0 Å². The van der Waals surface area contributed by atoms with Gasteiger partial charge in [-0.3, -0.25) is 4.79 Å². The molecule has 0 aliphatic carbocycles. The lowest BCUT2D eigenvalue weighted by atomic mass is 10.1. The van der Waals surface area contributed by atoms with E-state index in [1.54, 1.807) is 36.4 Å². The van der Waals surface area contributed by atoms with Crippen molar-refractivity contribution in [3.63, 3.8) is 0 Å². The highest BCUT2D eigenvalue weighted by atomic mass is 35.5. The second-order valence-electron chi connectivity index (χ2n) is 5.83. The van der Waals surface area contributed by atoms with Crippen molar-refractivity contribution in [2.75, 3.05) is 5.32 Å². The molecular weight excluding hydrogens is 370 g/mol. The molecule has 0 aliphatic rings. The van der Waals surface area contributed by atoms with E-state index < -0.39 is 30.1 Å². The zero-order valence-corrected chi connectivity index (χ0v) is 15.4. The molecule has 8 heteroatoms. The largest absolute Gasteiger partial charge is 0.451 e. The molecule has 2 aromatic rings. The number of carbonyl (C=O) groups is 3. The second kappa shape index (κ2) is 9.59. The summed E-state index contributed by atoms with van der Waals surface area (Å²) in [5.41, 5.74) is 6.47. The quantitative estimate of drug-likeness (QED) is 0.632. The van der Waals surface area contributed by atoms with Crippen molar-refractivity contribution in [1.29, 1.82) is 0 Å². The summed E-state index contributed by atoms with van der Waals surface area (Å²) in [5, 5.41) is 5.50. The van der Waals surface area contributed by atoms with E-state index in [0.717, 1.165) is 5.56 Å². The van der Waals surface area contributed by atoms with Crippen molar-refractivity contribution < 1.29 is 19.1 Å². The van der Waals surface area contributed by atoms with Crippen molar-refractivity contribution in [1.82, 2.24) is 5.32 Å². The Morgan fingerprint density at radius 2 is 1.70 bits per heavy atom. The van der Waals surface area contributed by atoms with Gasteiger partial charge in [0.1, 0.15) is 6.04 Å². The molecule has 27 heavy (non-hydrogen) atoms. The summed E-state index contributed by atoms with van der Waals surface area (Å²) in [6.07, 6.45) is -0.880. The van der Waals surface area contributed by atoms with E-state index in [1.807, 2.05) is 18.2 Å². The molecule has 0 heterocycles. The van der Waals surface area contributed by atoms with Gasteiger partial charge >= 0.3 is 12.0 Å². The maximum absolute atomic E-state index is 12.4. The molecular formula is C19H20ClN3O4. The number of hydrogen-bond donors (Lipinski definition) is 3. The predicted molar refractivity (Wildman–Crippen MR) is 102 cm³/mol. The lowest BCUT2D eigenvalue weighted by Gasteiger charge is -2.19. The third-order valence-electron chi connectivity index (χ3n) is 3.66. The van der Waals surface area contributed by atoms with E-state index in [-0.39, 0.29) is 6.42 Å². The van der Waals surface area contributed by atoms with Gasteiger partial charge in [0.15, 0.2) is 6.10 Å². The number of benzene rings is 2. The molecule has 3 amide bonds. The average molecular weight is 390 g/mol. The number of nitrogens with one attached hydrogen (secondary N) is 2. The number of anilines is 1. The fraction of sp³-hybridized carbons (Fsp3) is 0.211.